The lowest BCUT2D eigenvalue weighted by molar-refractivity contribution is -0.116. The van der Waals surface area contributed by atoms with Gasteiger partial charge in [0.05, 0.1) is 5.75 Å². The molecule has 0 saturated carbocycles. The summed E-state index contributed by atoms with van der Waals surface area (Å²) >= 11 is 1.55. The zero-order valence-electron chi connectivity index (χ0n) is 11.8. The van der Waals surface area contributed by atoms with Gasteiger partial charge in [0.1, 0.15) is 11.6 Å². The van der Waals surface area contributed by atoms with Crippen molar-refractivity contribution in [3.8, 4) is 0 Å². The van der Waals surface area contributed by atoms with E-state index in [2.05, 4.69) is 18.2 Å². The van der Waals surface area contributed by atoms with Gasteiger partial charge in [0.25, 0.3) is 0 Å². The molecule has 0 saturated heterocycles. The third-order valence-corrected chi connectivity index (χ3v) is 4.87. The first-order chi connectivity index (χ1) is 10.2. The van der Waals surface area contributed by atoms with Gasteiger partial charge < -0.3 is 0 Å². The van der Waals surface area contributed by atoms with E-state index in [9.17, 15) is 9.18 Å². The van der Waals surface area contributed by atoms with Crippen LogP contribution in [0.5, 0.6) is 0 Å². The second-order valence-corrected chi connectivity index (χ2v) is 6.43. The van der Waals surface area contributed by atoms with Crippen LogP contribution in [0.1, 0.15) is 23.1 Å². The first-order valence-corrected chi connectivity index (χ1v) is 8.20. The molecule has 21 heavy (non-hydrogen) atoms. The third-order valence-electron chi connectivity index (χ3n) is 3.82. The fourth-order valence-corrected chi connectivity index (χ4v) is 3.53. The molecule has 3 rings (SSSR count). The number of halogens is 1. The van der Waals surface area contributed by atoms with E-state index in [1.807, 2.05) is 0 Å². The molecule has 0 amide bonds. The van der Waals surface area contributed by atoms with Crippen LogP contribution < -0.4 is 0 Å². The Morgan fingerprint density at radius 1 is 1.10 bits per heavy atom. The van der Waals surface area contributed by atoms with Crippen LogP contribution in [0.15, 0.2) is 47.4 Å². The van der Waals surface area contributed by atoms with Gasteiger partial charge in [-0.15, -0.1) is 11.8 Å². The van der Waals surface area contributed by atoms with Gasteiger partial charge in [0, 0.05) is 11.3 Å². The number of hydrogen-bond donors (Lipinski definition) is 0. The first-order valence-electron chi connectivity index (χ1n) is 7.22. The maximum atomic E-state index is 13.5. The van der Waals surface area contributed by atoms with E-state index in [1.165, 1.54) is 30.0 Å². The molecule has 108 valence electrons. The van der Waals surface area contributed by atoms with Crippen molar-refractivity contribution in [2.45, 2.75) is 30.6 Å². The number of carbonyl (C=O) groups excluding carboxylic acids is 1. The number of rotatable bonds is 5. The molecule has 2 aromatic carbocycles. The molecular weight excluding hydrogens is 283 g/mol. The molecule has 1 aliphatic rings. The number of hydrogen-bond acceptors (Lipinski definition) is 2. The topological polar surface area (TPSA) is 17.1 Å². The van der Waals surface area contributed by atoms with E-state index in [0.29, 0.717) is 11.3 Å². The van der Waals surface area contributed by atoms with Gasteiger partial charge in [-0.25, -0.2) is 4.39 Å². The number of aryl methyl sites for hydroxylation is 2. The van der Waals surface area contributed by atoms with Gasteiger partial charge in [0.2, 0.25) is 0 Å². The SMILES string of the molecule is O=C(CSc1ccc2c(c1)CCC2)Cc1ccccc1F. The number of thioether (sulfide) groups is 1. The molecule has 0 radical (unpaired) electrons. The van der Waals surface area contributed by atoms with Crippen LogP contribution in [0.3, 0.4) is 0 Å². The van der Waals surface area contributed by atoms with Gasteiger partial charge >= 0.3 is 0 Å². The minimum atomic E-state index is -0.298. The molecular formula is C18H17FOS. The van der Waals surface area contributed by atoms with E-state index < -0.39 is 0 Å². The van der Waals surface area contributed by atoms with E-state index >= 15 is 0 Å². The van der Waals surface area contributed by atoms with Crippen LogP contribution in [0, 0.1) is 5.82 Å². The van der Waals surface area contributed by atoms with Crippen LogP contribution in [0.4, 0.5) is 4.39 Å². The second-order valence-electron chi connectivity index (χ2n) is 5.38. The predicted octanol–water partition coefficient (Wildman–Crippen LogP) is 4.22. The van der Waals surface area contributed by atoms with Gasteiger partial charge in [0.15, 0.2) is 0 Å². The van der Waals surface area contributed by atoms with Crippen molar-refractivity contribution in [3.63, 3.8) is 0 Å². The third kappa shape index (κ3) is 3.53. The lowest BCUT2D eigenvalue weighted by Crippen LogP contribution is -2.07. The zero-order valence-corrected chi connectivity index (χ0v) is 12.6. The average molecular weight is 300 g/mol. The smallest absolute Gasteiger partial charge is 0.147 e. The molecule has 0 spiro atoms. The molecule has 0 fully saturated rings. The summed E-state index contributed by atoms with van der Waals surface area (Å²) in [6.45, 7) is 0. The molecule has 0 unspecified atom stereocenters. The Hall–Kier alpha value is -1.61. The van der Waals surface area contributed by atoms with E-state index in [1.54, 1.807) is 30.0 Å². The highest BCUT2D eigenvalue weighted by atomic mass is 32.2. The molecule has 0 atom stereocenters. The highest BCUT2D eigenvalue weighted by Crippen LogP contribution is 2.27. The quantitative estimate of drug-likeness (QED) is 0.769. The Balaban J connectivity index is 1.58. The maximum absolute atomic E-state index is 13.5. The Morgan fingerprint density at radius 3 is 2.76 bits per heavy atom. The van der Waals surface area contributed by atoms with Crippen molar-refractivity contribution >= 4 is 17.5 Å². The minimum Gasteiger partial charge on any atom is -0.298 e. The number of fused-ring (bicyclic) bond motifs is 1. The maximum Gasteiger partial charge on any atom is 0.147 e. The zero-order chi connectivity index (χ0) is 14.7. The summed E-state index contributed by atoms with van der Waals surface area (Å²) < 4.78 is 13.5. The molecule has 0 heterocycles. The van der Waals surface area contributed by atoms with Crippen LogP contribution in [0.2, 0.25) is 0 Å². The molecule has 3 heteroatoms. The van der Waals surface area contributed by atoms with Crippen molar-refractivity contribution < 1.29 is 9.18 Å². The number of carbonyl (C=O) groups is 1. The number of benzene rings is 2. The Morgan fingerprint density at radius 2 is 1.90 bits per heavy atom. The van der Waals surface area contributed by atoms with Crippen LogP contribution in [0.25, 0.3) is 0 Å². The first kappa shape index (κ1) is 14.3. The predicted molar refractivity (Wildman–Crippen MR) is 84.3 cm³/mol. The van der Waals surface area contributed by atoms with Crippen LogP contribution in [-0.4, -0.2) is 11.5 Å². The van der Waals surface area contributed by atoms with Crippen molar-refractivity contribution in [2.24, 2.45) is 0 Å². The summed E-state index contributed by atoms with van der Waals surface area (Å²) in [6.07, 6.45) is 3.72. The summed E-state index contributed by atoms with van der Waals surface area (Å²) in [7, 11) is 0. The fourth-order valence-electron chi connectivity index (χ4n) is 2.71. The van der Waals surface area contributed by atoms with E-state index in [0.717, 1.165) is 11.3 Å². The van der Waals surface area contributed by atoms with E-state index in [4.69, 9.17) is 0 Å². The van der Waals surface area contributed by atoms with Gasteiger partial charge in [-0.2, -0.15) is 0 Å². The number of ketones is 1. The average Bonchev–Trinajstić information content (AvgIpc) is 2.95. The highest BCUT2D eigenvalue weighted by molar-refractivity contribution is 8.00. The van der Waals surface area contributed by atoms with Crippen molar-refractivity contribution in [1.29, 1.82) is 0 Å². The molecule has 0 bridgehead atoms. The molecule has 1 aliphatic carbocycles. The minimum absolute atomic E-state index is 0.0607. The summed E-state index contributed by atoms with van der Waals surface area (Å²) in [5.74, 6) is 0.159. The van der Waals surface area contributed by atoms with E-state index in [-0.39, 0.29) is 18.0 Å². The summed E-state index contributed by atoms with van der Waals surface area (Å²) in [6, 6.07) is 12.9. The Kier molecular flexibility index (Phi) is 4.39. The normalized spacial score (nSPS) is 13.2. The molecule has 0 aliphatic heterocycles. The second kappa shape index (κ2) is 6.44. The van der Waals surface area contributed by atoms with Crippen molar-refractivity contribution in [3.05, 3.63) is 65.0 Å². The molecule has 1 nitrogen and oxygen atoms in total. The Bertz CT molecular complexity index is 666. The van der Waals surface area contributed by atoms with Crippen molar-refractivity contribution in [2.75, 3.05) is 5.75 Å². The summed E-state index contributed by atoms with van der Waals surface area (Å²) in [4.78, 5) is 13.1. The molecule has 2 aromatic rings. The van der Waals surface area contributed by atoms with Gasteiger partial charge in [-0.3, -0.25) is 4.79 Å². The lowest BCUT2D eigenvalue weighted by atomic mass is 10.1. The van der Waals surface area contributed by atoms with Gasteiger partial charge in [-0.05, 0) is 54.2 Å². The fraction of sp³-hybridized carbons (Fsp3) is 0.278. The summed E-state index contributed by atoms with van der Waals surface area (Å²) in [5.41, 5.74) is 3.34. The van der Waals surface area contributed by atoms with Crippen LogP contribution in [-0.2, 0) is 24.1 Å². The Labute approximate surface area is 128 Å². The number of Topliss-reactive ketones (excluding diaryl/α,β-unsaturated/α-hetero) is 1. The molecule has 0 aromatic heterocycles. The highest BCUT2D eigenvalue weighted by Gasteiger charge is 2.12. The largest absolute Gasteiger partial charge is 0.298 e. The standard InChI is InChI=1S/C18H17FOS/c19-18-7-2-1-4-15(18)10-16(20)12-21-17-9-8-13-5-3-6-14(13)11-17/h1-2,4,7-9,11H,3,5-6,10,12H2. The summed E-state index contributed by atoms with van der Waals surface area (Å²) in [5, 5.41) is 0. The van der Waals surface area contributed by atoms with Crippen LogP contribution >= 0.6 is 11.8 Å². The lowest BCUT2D eigenvalue weighted by Gasteiger charge is -2.05. The monoisotopic (exact) mass is 300 g/mol. The molecule has 0 N–H and O–H groups in total. The van der Waals surface area contributed by atoms with Crippen molar-refractivity contribution in [1.82, 2.24) is 0 Å². The van der Waals surface area contributed by atoms with Gasteiger partial charge in [-0.1, -0.05) is 24.3 Å².